The highest BCUT2D eigenvalue weighted by Crippen LogP contribution is 2.37. The van der Waals surface area contributed by atoms with Gasteiger partial charge in [0.1, 0.15) is 5.82 Å². The summed E-state index contributed by atoms with van der Waals surface area (Å²) >= 11 is 0. The Balaban J connectivity index is 2.00. The third-order valence-electron chi connectivity index (χ3n) is 4.61. The van der Waals surface area contributed by atoms with Crippen LogP contribution in [0.3, 0.4) is 0 Å². The highest BCUT2D eigenvalue weighted by Gasteiger charge is 2.30. The predicted octanol–water partition coefficient (Wildman–Crippen LogP) is 2.75. The van der Waals surface area contributed by atoms with Crippen LogP contribution in [0.15, 0.2) is 12.4 Å². The average molecular weight is 249 g/mol. The molecule has 0 saturated heterocycles. The van der Waals surface area contributed by atoms with Gasteiger partial charge < -0.3 is 10.3 Å². The van der Waals surface area contributed by atoms with E-state index in [1.54, 1.807) is 0 Å². The monoisotopic (exact) mass is 249 g/mol. The number of hydrogen-bond acceptors (Lipinski definition) is 2. The van der Waals surface area contributed by atoms with Crippen molar-refractivity contribution in [2.24, 2.45) is 30.5 Å². The van der Waals surface area contributed by atoms with Crippen molar-refractivity contribution in [1.29, 1.82) is 0 Å². The minimum absolute atomic E-state index is 0.704. The van der Waals surface area contributed by atoms with Crippen LogP contribution in [0.25, 0.3) is 0 Å². The summed E-state index contributed by atoms with van der Waals surface area (Å²) in [4.78, 5) is 4.47. The van der Waals surface area contributed by atoms with E-state index in [2.05, 4.69) is 23.5 Å². The molecule has 102 valence electrons. The Bertz CT molecular complexity index is 358. The first-order valence-electron chi connectivity index (χ1n) is 7.40. The van der Waals surface area contributed by atoms with Crippen molar-refractivity contribution in [2.75, 3.05) is 6.54 Å². The van der Waals surface area contributed by atoms with Gasteiger partial charge in [-0.3, -0.25) is 0 Å². The molecule has 1 aromatic heterocycles. The van der Waals surface area contributed by atoms with Crippen molar-refractivity contribution >= 4 is 0 Å². The molecule has 1 saturated carbocycles. The molecule has 0 spiro atoms. The SMILES string of the molecule is CCCC1CCC(CN)C(Cc2nccn2C)C1. The standard InChI is InChI=1S/C15H27N3/c1-3-4-12-5-6-13(11-16)14(9-12)10-15-17-7-8-18(15)2/h7-8,12-14H,3-6,9-11,16H2,1-2H3. The first kappa shape index (κ1) is 13.6. The molecule has 2 rings (SSSR count). The zero-order valence-electron chi connectivity index (χ0n) is 11.8. The number of imidazole rings is 1. The lowest BCUT2D eigenvalue weighted by Gasteiger charge is -2.35. The second-order valence-corrected chi connectivity index (χ2v) is 5.88. The number of nitrogens with two attached hydrogens (primary N) is 1. The molecule has 3 atom stereocenters. The van der Waals surface area contributed by atoms with E-state index in [4.69, 9.17) is 5.73 Å². The quantitative estimate of drug-likeness (QED) is 0.872. The molecule has 1 aliphatic rings. The molecule has 3 heteroatoms. The van der Waals surface area contributed by atoms with Crippen LogP contribution in [0.5, 0.6) is 0 Å². The van der Waals surface area contributed by atoms with Crippen molar-refractivity contribution in [3.63, 3.8) is 0 Å². The Kier molecular flexibility index (Phi) is 4.81. The smallest absolute Gasteiger partial charge is 0.108 e. The van der Waals surface area contributed by atoms with Crippen molar-refractivity contribution in [2.45, 2.75) is 45.4 Å². The first-order valence-corrected chi connectivity index (χ1v) is 7.40. The van der Waals surface area contributed by atoms with E-state index >= 15 is 0 Å². The summed E-state index contributed by atoms with van der Waals surface area (Å²) in [6.45, 7) is 3.14. The number of aryl methyl sites for hydroxylation is 1. The van der Waals surface area contributed by atoms with Gasteiger partial charge in [-0.2, -0.15) is 0 Å². The number of rotatable bonds is 5. The van der Waals surface area contributed by atoms with Gasteiger partial charge in [0, 0.05) is 25.9 Å². The fourth-order valence-corrected chi connectivity index (χ4v) is 3.48. The summed E-state index contributed by atoms with van der Waals surface area (Å²) in [5.74, 6) is 3.58. The maximum atomic E-state index is 5.95. The molecule has 0 aromatic carbocycles. The Labute approximate surface area is 111 Å². The van der Waals surface area contributed by atoms with Crippen molar-refractivity contribution in [1.82, 2.24) is 9.55 Å². The third-order valence-corrected chi connectivity index (χ3v) is 4.61. The van der Waals surface area contributed by atoms with Crippen LogP contribution < -0.4 is 5.73 Å². The fraction of sp³-hybridized carbons (Fsp3) is 0.800. The van der Waals surface area contributed by atoms with Crippen molar-refractivity contribution in [3.8, 4) is 0 Å². The molecule has 1 aliphatic carbocycles. The van der Waals surface area contributed by atoms with E-state index in [1.807, 2.05) is 12.4 Å². The van der Waals surface area contributed by atoms with Gasteiger partial charge in [-0.1, -0.05) is 26.2 Å². The molecular weight excluding hydrogens is 222 g/mol. The van der Waals surface area contributed by atoms with E-state index < -0.39 is 0 Å². The minimum atomic E-state index is 0.704. The largest absolute Gasteiger partial charge is 0.338 e. The molecular formula is C15H27N3. The maximum Gasteiger partial charge on any atom is 0.108 e. The Morgan fingerprint density at radius 3 is 2.83 bits per heavy atom. The number of aromatic nitrogens is 2. The lowest BCUT2D eigenvalue weighted by atomic mass is 9.71. The summed E-state index contributed by atoms with van der Waals surface area (Å²) < 4.78 is 2.15. The van der Waals surface area contributed by atoms with Crippen LogP contribution in [-0.2, 0) is 13.5 Å². The van der Waals surface area contributed by atoms with E-state index in [9.17, 15) is 0 Å². The average Bonchev–Trinajstić information content (AvgIpc) is 2.76. The molecule has 3 unspecified atom stereocenters. The maximum absolute atomic E-state index is 5.95. The zero-order valence-corrected chi connectivity index (χ0v) is 11.8. The third kappa shape index (κ3) is 3.14. The summed E-state index contributed by atoms with van der Waals surface area (Å²) in [5, 5.41) is 0. The highest BCUT2D eigenvalue weighted by atomic mass is 15.0. The second kappa shape index (κ2) is 6.37. The lowest BCUT2D eigenvalue weighted by Crippen LogP contribution is -2.32. The van der Waals surface area contributed by atoms with Gasteiger partial charge in [0.2, 0.25) is 0 Å². The molecule has 18 heavy (non-hydrogen) atoms. The topological polar surface area (TPSA) is 43.8 Å². The van der Waals surface area contributed by atoms with Crippen LogP contribution in [0, 0.1) is 17.8 Å². The van der Waals surface area contributed by atoms with E-state index in [1.165, 1.54) is 37.9 Å². The fourth-order valence-electron chi connectivity index (χ4n) is 3.48. The van der Waals surface area contributed by atoms with Gasteiger partial charge in [0.25, 0.3) is 0 Å². The normalized spacial score (nSPS) is 28.5. The van der Waals surface area contributed by atoms with Gasteiger partial charge in [-0.05, 0) is 37.1 Å². The summed E-state index contributed by atoms with van der Waals surface area (Å²) in [6.07, 6.45) is 11.8. The van der Waals surface area contributed by atoms with Crippen LogP contribution >= 0.6 is 0 Å². The Morgan fingerprint density at radius 2 is 2.22 bits per heavy atom. The van der Waals surface area contributed by atoms with E-state index in [0.29, 0.717) is 5.92 Å². The van der Waals surface area contributed by atoms with Crippen LogP contribution in [0.1, 0.15) is 44.9 Å². The van der Waals surface area contributed by atoms with Crippen LogP contribution in [-0.4, -0.2) is 16.1 Å². The van der Waals surface area contributed by atoms with Gasteiger partial charge >= 0.3 is 0 Å². The highest BCUT2D eigenvalue weighted by molar-refractivity contribution is 4.95. The van der Waals surface area contributed by atoms with E-state index in [-0.39, 0.29) is 0 Å². The summed E-state index contributed by atoms with van der Waals surface area (Å²) in [6, 6.07) is 0. The number of hydrogen-bond donors (Lipinski definition) is 1. The molecule has 0 aliphatic heterocycles. The molecule has 1 heterocycles. The molecule has 0 radical (unpaired) electrons. The molecule has 2 N–H and O–H groups in total. The van der Waals surface area contributed by atoms with Gasteiger partial charge in [-0.25, -0.2) is 4.98 Å². The predicted molar refractivity (Wildman–Crippen MR) is 75.2 cm³/mol. The van der Waals surface area contributed by atoms with Gasteiger partial charge in [0.05, 0.1) is 0 Å². The second-order valence-electron chi connectivity index (χ2n) is 5.88. The summed E-state index contributed by atoms with van der Waals surface area (Å²) in [5.41, 5.74) is 5.95. The van der Waals surface area contributed by atoms with Gasteiger partial charge in [-0.15, -0.1) is 0 Å². The first-order chi connectivity index (χ1) is 8.74. The molecule has 0 amide bonds. The lowest BCUT2D eigenvalue weighted by molar-refractivity contribution is 0.173. The Morgan fingerprint density at radius 1 is 1.39 bits per heavy atom. The van der Waals surface area contributed by atoms with Crippen molar-refractivity contribution < 1.29 is 0 Å². The van der Waals surface area contributed by atoms with Crippen molar-refractivity contribution in [3.05, 3.63) is 18.2 Å². The molecule has 0 bridgehead atoms. The van der Waals surface area contributed by atoms with Crippen LogP contribution in [0.4, 0.5) is 0 Å². The van der Waals surface area contributed by atoms with E-state index in [0.717, 1.165) is 24.8 Å². The minimum Gasteiger partial charge on any atom is -0.338 e. The molecule has 1 aromatic rings. The molecule has 3 nitrogen and oxygen atoms in total. The zero-order chi connectivity index (χ0) is 13.0. The Hall–Kier alpha value is -0.830. The van der Waals surface area contributed by atoms with Gasteiger partial charge in [0.15, 0.2) is 0 Å². The van der Waals surface area contributed by atoms with Crippen LogP contribution in [0.2, 0.25) is 0 Å². The summed E-state index contributed by atoms with van der Waals surface area (Å²) in [7, 11) is 2.09. The molecule has 1 fully saturated rings. The number of nitrogens with zero attached hydrogens (tertiary/aromatic N) is 2.